The summed E-state index contributed by atoms with van der Waals surface area (Å²) < 4.78 is 5.47. The number of hydrogen-bond donors (Lipinski definition) is 2. The van der Waals surface area contributed by atoms with Crippen LogP contribution in [-0.2, 0) is 6.61 Å². The second-order valence-corrected chi connectivity index (χ2v) is 5.79. The standard InChI is InChI=1S/C18H13ClN2O5/c19-15-6-4-12(9-16(15)21(24)25)18(23)20-13-3-1-2-11(8-13)17-7-5-14(10-22)26-17/h1-9,22H,10H2,(H,20,23). The van der Waals surface area contributed by atoms with Gasteiger partial charge in [0.05, 0.1) is 4.92 Å². The van der Waals surface area contributed by atoms with Crippen molar-refractivity contribution in [1.82, 2.24) is 0 Å². The number of nitrogens with zero attached hydrogens (tertiary/aromatic N) is 1. The lowest BCUT2D eigenvalue weighted by Gasteiger charge is -2.07. The van der Waals surface area contributed by atoms with Crippen LogP contribution in [0.2, 0.25) is 5.02 Å². The maximum Gasteiger partial charge on any atom is 0.288 e. The predicted molar refractivity (Wildman–Crippen MR) is 96.1 cm³/mol. The topological polar surface area (TPSA) is 106 Å². The van der Waals surface area contributed by atoms with Crippen LogP contribution in [0, 0.1) is 10.1 Å². The van der Waals surface area contributed by atoms with E-state index in [1.807, 2.05) is 0 Å². The number of nitrogens with one attached hydrogen (secondary N) is 1. The molecule has 0 bridgehead atoms. The first kappa shape index (κ1) is 17.7. The number of carbonyl (C=O) groups is 1. The number of aliphatic hydroxyl groups is 1. The van der Waals surface area contributed by atoms with Crippen molar-refractivity contribution < 1.29 is 19.2 Å². The van der Waals surface area contributed by atoms with Crippen LogP contribution in [0.4, 0.5) is 11.4 Å². The third kappa shape index (κ3) is 3.74. The molecule has 0 saturated heterocycles. The van der Waals surface area contributed by atoms with Crippen LogP contribution < -0.4 is 5.32 Å². The molecule has 0 aliphatic carbocycles. The fourth-order valence-electron chi connectivity index (χ4n) is 2.37. The molecule has 1 heterocycles. The summed E-state index contributed by atoms with van der Waals surface area (Å²) in [7, 11) is 0. The maximum absolute atomic E-state index is 12.4. The Kier molecular flexibility index (Phi) is 5.01. The molecule has 0 saturated carbocycles. The number of hydrogen-bond acceptors (Lipinski definition) is 5. The summed E-state index contributed by atoms with van der Waals surface area (Å²) in [6.07, 6.45) is 0. The van der Waals surface area contributed by atoms with Gasteiger partial charge in [0.25, 0.3) is 11.6 Å². The maximum atomic E-state index is 12.4. The van der Waals surface area contributed by atoms with Crippen molar-refractivity contribution in [3.63, 3.8) is 0 Å². The highest BCUT2D eigenvalue weighted by molar-refractivity contribution is 6.32. The lowest BCUT2D eigenvalue weighted by atomic mass is 10.1. The first-order chi connectivity index (χ1) is 12.5. The molecule has 0 radical (unpaired) electrons. The first-order valence-corrected chi connectivity index (χ1v) is 7.91. The highest BCUT2D eigenvalue weighted by Gasteiger charge is 2.16. The molecule has 26 heavy (non-hydrogen) atoms. The second kappa shape index (κ2) is 7.38. The van der Waals surface area contributed by atoms with E-state index in [2.05, 4.69) is 5.32 Å². The number of nitro groups is 1. The van der Waals surface area contributed by atoms with E-state index in [0.29, 0.717) is 22.8 Å². The van der Waals surface area contributed by atoms with Gasteiger partial charge < -0.3 is 14.8 Å². The normalized spacial score (nSPS) is 10.5. The van der Waals surface area contributed by atoms with Crippen LogP contribution in [0.15, 0.2) is 59.0 Å². The minimum absolute atomic E-state index is 0.0361. The van der Waals surface area contributed by atoms with E-state index in [4.69, 9.17) is 21.1 Å². The summed E-state index contributed by atoms with van der Waals surface area (Å²) in [5.74, 6) is 0.479. The van der Waals surface area contributed by atoms with Gasteiger partial charge >= 0.3 is 0 Å². The molecule has 0 atom stereocenters. The van der Waals surface area contributed by atoms with Gasteiger partial charge in [-0.3, -0.25) is 14.9 Å². The molecule has 3 rings (SSSR count). The van der Waals surface area contributed by atoms with E-state index in [1.54, 1.807) is 36.4 Å². The molecule has 0 spiro atoms. The monoisotopic (exact) mass is 372 g/mol. The van der Waals surface area contributed by atoms with Crippen molar-refractivity contribution >= 4 is 28.9 Å². The van der Waals surface area contributed by atoms with Gasteiger partial charge in [-0.15, -0.1) is 0 Å². The molecule has 0 aliphatic rings. The van der Waals surface area contributed by atoms with E-state index in [1.165, 1.54) is 12.1 Å². The lowest BCUT2D eigenvalue weighted by molar-refractivity contribution is -0.384. The van der Waals surface area contributed by atoms with Crippen molar-refractivity contribution in [3.8, 4) is 11.3 Å². The number of aliphatic hydroxyl groups excluding tert-OH is 1. The Balaban J connectivity index is 1.83. The van der Waals surface area contributed by atoms with E-state index in [9.17, 15) is 14.9 Å². The lowest BCUT2D eigenvalue weighted by Crippen LogP contribution is -2.12. The third-order valence-corrected chi connectivity index (χ3v) is 3.95. The largest absolute Gasteiger partial charge is 0.459 e. The number of rotatable bonds is 5. The summed E-state index contributed by atoms with van der Waals surface area (Å²) >= 11 is 5.76. The molecule has 0 fully saturated rings. The molecule has 8 heteroatoms. The quantitative estimate of drug-likeness (QED) is 0.514. The van der Waals surface area contributed by atoms with Crippen LogP contribution in [0.25, 0.3) is 11.3 Å². The molecule has 0 aliphatic heterocycles. The third-order valence-electron chi connectivity index (χ3n) is 3.63. The SMILES string of the molecule is O=C(Nc1cccc(-c2ccc(CO)o2)c1)c1ccc(Cl)c([N+](=O)[O-])c1. The van der Waals surface area contributed by atoms with Crippen molar-refractivity contribution in [2.24, 2.45) is 0 Å². The highest BCUT2D eigenvalue weighted by atomic mass is 35.5. The van der Waals surface area contributed by atoms with Gasteiger partial charge in [0.1, 0.15) is 23.2 Å². The van der Waals surface area contributed by atoms with Crippen LogP contribution >= 0.6 is 11.6 Å². The number of halogens is 1. The molecule has 132 valence electrons. The summed E-state index contributed by atoms with van der Waals surface area (Å²) in [4.78, 5) is 22.7. The predicted octanol–water partition coefficient (Wildman–Crippen LogP) is 4.25. The Hall–Kier alpha value is -3.16. The zero-order valence-electron chi connectivity index (χ0n) is 13.3. The number of amides is 1. The van der Waals surface area contributed by atoms with Crippen LogP contribution in [0.1, 0.15) is 16.1 Å². The molecule has 3 aromatic rings. The van der Waals surface area contributed by atoms with Gasteiger partial charge in [0.2, 0.25) is 0 Å². The molecule has 1 aromatic heterocycles. The zero-order chi connectivity index (χ0) is 18.7. The molecule has 2 aromatic carbocycles. The average Bonchev–Trinajstić information content (AvgIpc) is 3.11. The second-order valence-electron chi connectivity index (χ2n) is 5.38. The molecular weight excluding hydrogens is 360 g/mol. The Morgan fingerprint density at radius 2 is 2.00 bits per heavy atom. The van der Waals surface area contributed by atoms with Gasteiger partial charge in [-0.1, -0.05) is 23.7 Å². The Morgan fingerprint density at radius 3 is 2.69 bits per heavy atom. The molecule has 7 nitrogen and oxygen atoms in total. The smallest absolute Gasteiger partial charge is 0.288 e. The van der Waals surface area contributed by atoms with E-state index in [0.717, 1.165) is 6.07 Å². The summed E-state index contributed by atoms with van der Waals surface area (Å²) in [5, 5.41) is 22.7. The fourth-order valence-corrected chi connectivity index (χ4v) is 2.55. The van der Waals surface area contributed by atoms with Crippen molar-refractivity contribution in [2.45, 2.75) is 6.61 Å². The van der Waals surface area contributed by atoms with Crippen molar-refractivity contribution in [3.05, 3.63) is 81.1 Å². The summed E-state index contributed by atoms with van der Waals surface area (Å²) in [6, 6.07) is 14.1. The molecule has 1 amide bonds. The average molecular weight is 373 g/mol. The minimum Gasteiger partial charge on any atom is -0.459 e. The fraction of sp³-hybridized carbons (Fsp3) is 0.0556. The van der Waals surface area contributed by atoms with E-state index >= 15 is 0 Å². The van der Waals surface area contributed by atoms with E-state index < -0.39 is 10.8 Å². The van der Waals surface area contributed by atoms with E-state index in [-0.39, 0.29) is 22.9 Å². The van der Waals surface area contributed by atoms with Crippen LogP contribution in [0.5, 0.6) is 0 Å². The van der Waals surface area contributed by atoms with Crippen molar-refractivity contribution in [2.75, 3.05) is 5.32 Å². The zero-order valence-corrected chi connectivity index (χ0v) is 14.1. The van der Waals surface area contributed by atoms with Crippen LogP contribution in [-0.4, -0.2) is 15.9 Å². The van der Waals surface area contributed by atoms with Gasteiger partial charge in [-0.25, -0.2) is 0 Å². The minimum atomic E-state index is -0.643. The molecule has 0 unspecified atom stereocenters. The summed E-state index contributed by atoms with van der Waals surface area (Å²) in [6.45, 7) is -0.203. The van der Waals surface area contributed by atoms with Gasteiger partial charge in [0.15, 0.2) is 0 Å². The number of furan rings is 1. The Labute approximate surface area is 153 Å². The molecular formula is C18H13ClN2O5. The van der Waals surface area contributed by atoms with Gasteiger partial charge in [-0.05, 0) is 36.4 Å². The van der Waals surface area contributed by atoms with Gasteiger partial charge in [0, 0.05) is 22.9 Å². The van der Waals surface area contributed by atoms with Crippen LogP contribution in [0.3, 0.4) is 0 Å². The molecule has 2 N–H and O–H groups in total. The Bertz CT molecular complexity index is 983. The van der Waals surface area contributed by atoms with Crippen molar-refractivity contribution in [1.29, 1.82) is 0 Å². The number of nitro benzene ring substituents is 1. The van der Waals surface area contributed by atoms with Gasteiger partial charge in [-0.2, -0.15) is 0 Å². The number of benzene rings is 2. The first-order valence-electron chi connectivity index (χ1n) is 7.53. The highest BCUT2D eigenvalue weighted by Crippen LogP contribution is 2.27. The Morgan fingerprint density at radius 1 is 1.19 bits per heavy atom. The number of anilines is 1. The number of carbonyl (C=O) groups excluding carboxylic acids is 1. The summed E-state index contributed by atoms with van der Waals surface area (Å²) in [5.41, 5.74) is 0.990.